The summed E-state index contributed by atoms with van der Waals surface area (Å²) in [7, 11) is 0. The summed E-state index contributed by atoms with van der Waals surface area (Å²) in [5.41, 5.74) is -0.916. The van der Waals surface area contributed by atoms with Crippen molar-refractivity contribution in [2.45, 2.75) is 25.3 Å². The van der Waals surface area contributed by atoms with Crippen molar-refractivity contribution in [3.8, 4) is 0 Å². The van der Waals surface area contributed by atoms with Crippen LogP contribution in [0, 0.1) is 10.1 Å². The highest BCUT2D eigenvalue weighted by Crippen LogP contribution is 2.27. The molecule has 1 aromatic heterocycles. The predicted molar refractivity (Wildman–Crippen MR) is 69.9 cm³/mol. The van der Waals surface area contributed by atoms with Crippen molar-refractivity contribution in [1.82, 2.24) is 4.98 Å². The molecule has 2 heterocycles. The van der Waals surface area contributed by atoms with Crippen molar-refractivity contribution in [3.63, 3.8) is 0 Å². The minimum absolute atomic E-state index is 0.0545. The number of aromatic carboxylic acids is 1. The van der Waals surface area contributed by atoms with E-state index < -0.39 is 16.6 Å². The Hall–Kier alpha value is -2.22. The first-order valence-electron chi connectivity index (χ1n) is 6.30. The highest BCUT2D eigenvalue weighted by Gasteiger charge is 2.27. The van der Waals surface area contributed by atoms with E-state index in [1.807, 2.05) is 0 Å². The van der Waals surface area contributed by atoms with Crippen LogP contribution in [0.4, 0.5) is 11.5 Å². The molecule has 8 heteroatoms. The van der Waals surface area contributed by atoms with Crippen LogP contribution in [0.5, 0.6) is 0 Å². The standard InChI is InChI=1S/C12H15N3O5/c16-7-8-3-1-2-4-14(8)11-5-9(12(17)18)10(6-13-11)15(19)20/h5-6,8,16H,1-4,7H2,(H,17,18). The molecule has 1 saturated heterocycles. The van der Waals surface area contributed by atoms with E-state index in [1.54, 1.807) is 4.90 Å². The van der Waals surface area contributed by atoms with Gasteiger partial charge in [0.2, 0.25) is 0 Å². The number of anilines is 1. The molecule has 8 nitrogen and oxygen atoms in total. The van der Waals surface area contributed by atoms with Crippen LogP contribution in [-0.4, -0.2) is 45.3 Å². The largest absolute Gasteiger partial charge is 0.477 e. The highest BCUT2D eigenvalue weighted by atomic mass is 16.6. The quantitative estimate of drug-likeness (QED) is 0.625. The van der Waals surface area contributed by atoms with Crippen LogP contribution in [0.25, 0.3) is 0 Å². The van der Waals surface area contributed by atoms with Gasteiger partial charge in [0.15, 0.2) is 0 Å². The second kappa shape index (κ2) is 5.83. The van der Waals surface area contributed by atoms with Crippen molar-refractivity contribution < 1.29 is 19.9 Å². The van der Waals surface area contributed by atoms with E-state index in [4.69, 9.17) is 5.11 Å². The van der Waals surface area contributed by atoms with Gasteiger partial charge in [-0.2, -0.15) is 0 Å². The fourth-order valence-corrected chi connectivity index (χ4v) is 2.40. The van der Waals surface area contributed by atoms with Crippen LogP contribution >= 0.6 is 0 Å². The molecule has 0 saturated carbocycles. The van der Waals surface area contributed by atoms with Gasteiger partial charge in [-0.15, -0.1) is 0 Å². The summed E-state index contributed by atoms with van der Waals surface area (Å²) < 4.78 is 0. The summed E-state index contributed by atoms with van der Waals surface area (Å²) in [5, 5.41) is 29.2. The Bertz CT molecular complexity index is 534. The molecule has 0 spiro atoms. The predicted octanol–water partition coefficient (Wildman–Crippen LogP) is 1.04. The van der Waals surface area contributed by atoms with Gasteiger partial charge in [-0.1, -0.05) is 0 Å². The minimum atomic E-state index is -1.36. The highest BCUT2D eigenvalue weighted by molar-refractivity contribution is 5.93. The van der Waals surface area contributed by atoms with Crippen LogP contribution in [0.3, 0.4) is 0 Å². The Morgan fingerprint density at radius 3 is 2.90 bits per heavy atom. The van der Waals surface area contributed by atoms with E-state index in [-0.39, 0.29) is 18.2 Å². The first-order valence-corrected chi connectivity index (χ1v) is 6.30. The van der Waals surface area contributed by atoms with Crippen LogP contribution in [0.15, 0.2) is 12.3 Å². The van der Waals surface area contributed by atoms with E-state index in [0.29, 0.717) is 12.4 Å². The van der Waals surface area contributed by atoms with Crippen molar-refractivity contribution in [2.24, 2.45) is 0 Å². The van der Waals surface area contributed by atoms with Gasteiger partial charge in [-0.25, -0.2) is 9.78 Å². The maximum absolute atomic E-state index is 11.1. The molecule has 0 aromatic carbocycles. The third-order valence-corrected chi connectivity index (χ3v) is 3.43. The van der Waals surface area contributed by atoms with Gasteiger partial charge in [-0.3, -0.25) is 10.1 Å². The number of aromatic nitrogens is 1. The van der Waals surface area contributed by atoms with Gasteiger partial charge < -0.3 is 15.1 Å². The average Bonchev–Trinajstić information content (AvgIpc) is 2.46. The van der Waals surface area contributed by atoms with Crippen molar-refractivity contribution in [1.29, 1.82) is 0 Å². The first kappa shape index (κ1) is 14.2. The smallest absolute Gasteiger partial charge is 0.342 e. The van der Waals surface area contributed by atoms with Crippen LogP contribution in [-0.2, 0) is 0 Å². The Kier molecular flexibility index (Phi) is 4.14. The summed E-state index contributed by atoms with van der Waals surface area (Å²) in [4.78, 5) is 26.9. The lowest BCUT2D eigenvalue weighted by Gasteiger charge is -2.35. The number of aliphatic hydroxyl groups is 1. The zero-order chi connectivity index (χ0) is 14.7. The topological polar surface area (TPSA) is 117 Å². The van der Waals surface area contributed by atoms with E-state index in [0.717, 1.165) is 25.5 Å². The fraction of sp³-hybridized carbons (Fsp3) is 0.500. The van der Waals surface area contributed by atoms with Crippen molar-refractivity contribution >= 4 is 17.5 Å². The molecule has 0 aliphatic carbocycles. The zero-order valence-corrected chi connectivity index (χ0v) is 10.7. The number of carbonyl (C=O) groups is 1. The van der Waals surface area contributed by atoms with Crippen molar-refractivity contribution in [2.75, 3.05) is 18.1 Å². The Morgan fingerprint density at radius 2 is 2.30 bits per heavy atom. The van der Waals surface area contributed by atoms with Crippen LogP contribution in [0.1, 0.15) is 29.6 Å². The number of piperidine rings is 1. The first-order chi connectivity index (χ1) is 9.54. The molecule has 1 aliphatic heterocycles. The minimum Gasteiger partial charge on any atom is -0.477 e. The molecule has 1 aromatic rings. The number of hydrogen-bond acceptors (Lipinski definition) is 6. The molecule has 108 valence electrons. The monoisotopic (exact) mass is 281 g/mol. The van der Waals surface area contributed by atoms with E-state index >= 15 is 0 Å². The molecule has 20 heavy (non-hydrogen) atoms. The SMILES string of the molecule is O=C(O)c1cc(N2CCCCC2CO)ncc1[N+](=O)[O-]. The summed E-state index contributed by atoms with van der Waals surface area (Å²) in [6.07, 6.45) is 3.65. The van der Waals surface area contributed by atoms with Crippen LogP contribution in [0.2, 0.25) is 0 Å². The van der Waals surface area contributed by atoms with E-state index in [2.05, 4.69) is 4.98 Å². The van der Waals surface area contributed by atoms with E-state index in [9.17, 15) is 20.0 Å². The molecule has 1 unspecified atom stereocenters. The fourth-order valence-electron chi connectivity index (χ4n) is 2.40. The average molecular weight is 281 g/mol. The number of carboxylic acids is 1. The molecular weight excluding hydrogens is 266 g/mol. The van der Waals surface area contributed by atoms with Gasteiger partial charge >= 0.3 is 11.7 Å². The molecule has 1 aliphatic rings. The van der Waals surface area contributed by atoms with Crippen molar-refractivity contribution in [3.05, 3.63) is 27.9 Å². The molecule has 1 atom stereocenters. The van der Waals surface area contributed by atoms with E-state index in [1.165, 1.54) is 6.07 Å². The number of nitro groups is 1. The normalized spacial score (nSPS) is 18.9. The van der Waals surface area contributed by atoms with Gasteiger partial charge in [0, 0.05) is 12.6 Å². The van der Waals surface area contributed by atoms with Crippen LogP contribution < -0.4 is 4.90 Å². The lowest BCUT2D eigenvalue weighted by molar-refractivity contribution is -0.385. The van der Waals surface area contributed by atoms with Gasteiger partial charge in [0.05, 0.1) is 17.6 Å². The Labute approximate surface area is 114 Å². The zero-order valence-electron chi connectivity index (χ0n) is 10.7. The lowest BCUT2D eigenvalue weighted by Crippen LogP contribution is -2.42. The summed E-state index contributed by atoms with van der Waals surface area (Å²) in [6, 6.07) is 1.08. The summed E-state index contributed by atoms with van der Waals surface area (Å²) in [5.74, 6) is -1.01. The second-order valence-corrected chi connectivity index (χ2v) is 4.65. The number of nitrogens with zero attached hydrogens (tertiary/aromatic N) is 3. The Balaban J connectivity index is 2.39. The number of pyridine rings is 1. The molecule has 0 radical (unpaired) electrons. The molecule has 1 fully saturated rings. The molecule has 2 N–H and O–H groups in total. The summed E-state index contributed by atoms with van der Waals surface area (Å²) in [6.45, 7) is 0.593. The third-order valence-electron chi connectivity index (χ3n) is 3.43. The van der Waals surface area contributed by atoms with Gasteiger partial charge in [0.1, 0.15) is 17.6 Å². The molecule has 0 amide bonds. The molecular formula is C12H15N3O5. The third kappa shape index (κ3) is 2.69. The number of aliphatic hydroxyl groups excluding tert-OH is 1. The number of carboxylic acid groups (broad SMARTS) is 1. The number of hydrogen-bond donors (Lipinski definition) is 2. The summed E-state index contributed by atoms with van der Waals surface area (Å²) >= 11 is 0. The lowest BCUT2D eigenvalue weighted by atomic mass is 10.0. The maximum Gasteiger partial charge on any atom is 0.342 e. The molecule has 2 rings (SSSR count). The van der Waals surface area contributed by atoms with Gasteiger partial charge in [-0.05, 0) is 19.3 Å². The molecule has 0 bridgehead atoms. The second-order valence-electron chi connectivity index (χ2n) is 4.65. The van der Waals surface area contributed by atoms with Gasteiger partial charge in [0.25, 0.3) is 0 Å². The number of rotatable bonds is 4. The maximum atomic E-state index is 11.1. The Morgan fingerprint density at radius 1 is 1.55 bits per heavy atom.